The van der Waals surface area contributed by atoms with Gasteiger partial charge in [-0.25, -0.2) is 18.4 Å². The van der Waals surface area contributed by atoms with Crippen LogP contribution in [-0.2, 0) is 21.0 Å². The lowest BCUT2D eigenvalue weighted by atomic mass is 9.92. The van der Waals surface area contributed by atoms with E-state index in [2.05, 4.69) is 9.97 Å². The molecule has 0 saturated heterocycles. The monoisotopic (exact) mass is 304 g/mol. The third-order valence-electron chi connectivity index (χ3n) is 3.29. The number of fused-ring (bicyclic) bond motifs is 2. The Morgan fingerprint density at radius 2 is 1.95 bits per heavy atom. The van der Waals surface area contributed by atoms with Crippen molar-refractivity contribution in [2.45, 2.75) is 37.0 Å². The van der Waals surface area contributed by atoms with Crippen LogP contribution in [0.15, 0.2) is 35.5 Å². The van der Waals surface area contributed by atoms with Crippen LogP contribution in [0.2, 0.25) is 0 Å². The Morgan fingerprint density at radius 3 is 2.67 bits per heavy atom. The van der Waals surface area contributed by atoms with Crippen LogP contribution in [-0.4, -0.2) is 18.4 Å². The van der Waals surface area contributed by atoms with Crippen molar-refractivity contribution in [3.63, 3.8) is 0 Å². The highest BCUT2D eigenvalue weighted by Gasteiger charge is 2.30. The van der Waals surface area contributed by atoms with Gasteiger partial charge in [0.2, 0.25) is 15.7 Å². The summed E-state index contributed by atoms with van der Waals surface area (Å²) in [5, 5.41) is -0.00655. The average molecular weight is 304 g/mol. The van der Waals surface area contributed by atoms with E-state index in [0.717, 1.165) is 0 Å². The van der Waals surface area contributed by atoms with Crippen LogP contribution < -0.4 is 4.74 Å². The minimum Gasteiger partial charge on any atom is -0.436 e. The van der Waals surface area contributed by atoms with E-state index >= 15 is 0 Å². The number of hydrogen-bond acceptors (Lipinski definition) is 5. The summed E-state index contributed by atoms with van der Waals surface area (Å²) in [6.07, 6.45) is 1.58. The Morgan fingerprint density at radius 1 is 1.19 bits per heavy atom. The predicted octanol–water partition coefficient (Wildman–Crippen LogP) is 2.85. The molecule has 0 spiro atoms. The Bertz CT molecular complexity index is 808. The molecule has 0 fully saturated rings. The molecule has 0 aliphatic carbocycles. The second kappa shape index (κ2) is 4.53. The molecule has 0 N–H and O–H groups in total. The van der Waals surface area contributed by atoms with Gasteiger partial charge in [-0.3, -0.25) is 0 Å². The first-order valence-electron chi connectivity index (χ1n) is 6.63. The van der Waals surface area contributed by atoms with Crippen LogP contribution in [0.5, 0.6) is 11.6 Å². The van der Waals surface area contributed by atoms with Crippen molar-refractivity contribution in [3.05, 3.63) is 41.7 Å². The molecule has 2 aromatic rings. The smallest absolute Gasteiger partial charge is 0.223 e. The molecule has 1 aliphatic rings. The van der Waals surface area contributed by atoms with Crippen LogP contribution in [0.1, 0.15) is 32.0 Å². The normalized spacial score (nSPS) is 16.3. The molecule has 1 aliphatic heterocycles. The molecular formula is C15H16N2O3S. The van der Waals surface area contributed by atoms with Crippen LogP contribution in [0.3, 0.4) is 0 Å². The Labute approximate surface area is 123 Å². The van der Waals surface area contributed by atoms with Gasteiger partial charge in [0.25, 0.3) is 0 Å². The minimum absolute atomic E-state index is 0.00655. The first kappa shape index (κ1) is 14.0. The number of ether oxygens (including phenoxy) is 1. The van der Waals surface area contributed by atoms with Gasteiger partial charge < -0.3 is 4.74 Å². The zero-order valence-electron chi connectivity index (χ0n) is 12.1. The van der Waals surface area contributed by atoms with E-state index < -0.39 is 9.84 Å². The highest BCUT2D eigenvalue weighted by Crippen LogP contribution is 2.36. The van der Waals surface area contributed by atoms with Crippen molar-refractivity contribution < 1.29 is 13.2 Å². The van der Waals surface area contributed by atoms with E-state index in [-0.39, 0.29) is 21.9 Å². The zero-order chi connectivity index (χ0) is 15.3. The van der Waals surface area contributed by atoms with E-state index in [9.17, 15) is 8.42 Å². The molecule has 0 bridgehead atoms. The van der Waals surface area contributed by atoms with E-state index in [1.165, 1.54) is 0 Å². The number of rotatable bonds is 0. The maximum absolute atomic E-state index is 12.6. The summed E-state index contributed by atoms with van der Waals surface area (Å²) >= 11 is 0. The molecule has 0 saturated carbocycles. The molecule has 0 unspecified atom stereocenters. The van der Waals surface area contributed by atoms with Crippen LogP contribution in [0.4, 0.5) is 0 Å². The second-order valence-corrected chi connectivity index (χ2v) is 7.98. The van der Waals surface area contributed by atoms with E-state index in [1.54, 1.807) is 30.5 Å². The molecule has 0 atom stereocenters. The van der Waals surface area contributed by atoms with Gasteiger partial charge in [0.1, 0.15) is 0 Å². The highest BCUT2D eigenvalue weighted by atomic mass is 32.2. The van der Waals surface area contributed by atoms with Crippen molar-refractivity contribution in [3.8, 4) is 11.6 Å². The number of hydrogen-bond donors (Lipinski definition) is 0. The summed E-state index contributed by atoms with van der Waals surface area (Å²) in [4.78, 5) is 8.44. The summed E-state index contributed by atoms with van der Waals surface area (Å²) in [7, 11) is -3.55. The van der Waals surface area contributed by atoms with Crippen molar-refractivity contribution in [1.82, 2.24) is 9.97 Å². The van der Waals surface area contributed by atoms with Gasteiger partial charge in [-0.2, -0.15) is 0 Å². The highest BCUT2D eigenvalue weighted by molar-refractivity contribution is 7.90. The fourth-order valence-electron chi connectivity index (χ4n) is 2.15. The predicted molar refractivity (Wildman–Crippen MR) is 78.1 cm³/mol. The summed E-state index contributed by atoms with van der Waals surface area (Å²) < 4.78 is 30.8. The lowest BCUT2D eigenvalue weighted by Gasteiger charge is -2.19. The quantitative estimate of drug-likeness (QED) is 0.748. The lowest BCUT2D eigenvalue weighted by Crippen LogP contribution is -2.16. The van der Waals surface area contributed by atoms with Gasteiger partial charge in [-0.05, 0) is 18.2 Å². The van der Waals surface area contributed by atoms with Gasteiger partial charge in [-0.1, -0.05) is 26.8 Å². The molecular weight excluding hydrogens is 288 g/mol. The topological polar surface area (TPSA) is 69.2 Å². The molecule has 0 radical (unpaired) electrons. The number of nitrogens with zero attached hydrogens (tertiary/aromatic N) is 2. The number of pyridine rings is 2. The first-order valence-corrected chi connectivity index (χ1v) is 8.29. The SMILES string of the molecule is CC(C)(C)c1ccc2c(n1)S(=O)(=O)Cc1cccnc1O2. The fourth-order valence-corrected chi connectivity index (χ4v) is 3.57. The molecule has 6 heteroatoms. The molecule has 5 nitrogen and oxygen atoms in total. The van der Waals surface area contributed by atoms with Gasteiger partial charge in [0, 0.05) is 22.9 Å². The van der Waals surface area contributed by atoms with Crippen molar-refractivity contribution >= 4 is 9.84 Å². The Balaban J connectivity index is 2.21. The number of aromatic nitrogens is 2. The second-order valence-electron chi connectivity index (χ2n) is 6.08. The van der Waals surface area contributed by atoms with Gasteiger partial charge >= 0.3 is 0 Å². The largest absolute Gasteiger partial charge is 0.436 e. The fraction of sp³-hybridized carbons (Fsp3) is 0.333. The summed E-state index contributed by atoms with van der Waals surface area (Å²) in [5.41, 5.74) is 1.03. The summed E-state index contributed by atoms with van der Waals surface area (Å²) in [6.45, 7) is 5.96. The molecule has 110 valence electrons. The van der Waals surface area contributed by atoms with Crippen LogP contribution in [0, 0.1) is 0 Å². The van der Waals surface area contributed by atoms with Crippen LogP contribution in [0.25, 0.3) is 0 Å². The summed E-state index contributed by atoms with van der Waals surface area (Å²) in [6, 6.07) is 6.85. The maximum Gasteiger partial charge on any atom is 0.223 e. The molecule has 0 aromatic carbocycles. The molecule has 2 aromatic heterocycles. The molecule has 3 heterocycles. The van der Waals surface area contributed by atoms with Crippen molar-refractivity contribution in [1.29, 1.82) is 0 Å². The third-order valence-corrected chi connectivity index (χ3v) is 4.86. The standard InChI is InChI=1S/C15H16N2O3S/c1-15(2,3)12-7-6-11-14(17-12)21(18,19)9-10-5-4-8-16-13(10)20-11/h4-8H,9H2,1-3H3. The molecule has 3 rings (SSSR count). The van der Waals surface area contributed by atoms with Crippen molar-refractivity contribution in [2.24, 2.45) is 0 Å². The third kappa shape index (κ3) is 2.51. The average Bonchev–Trinajstić information content (AvgIpc) is 2.50. The van der Waals surface area contributed by atoms with Crippen LogP contribution >= 0.6 is 0 Å². The van der Waals surface area contributed by atoms with E-state index in [1.807, 2.05) is 20.8 Å². The zero-order valence-corrected chi connectivity index (χ0v) is 12.9. The maximum atomic E-state index is 12.6. The van der Waals surface area contributed by atoms with E-state index in [4.69, 9.17) is 4.74 Å². The Kier molecular flexibility index (Phi) is 3.02. The summed E-state index contributed by atoms with van der Waals surface area (Å²) in [5.74, 6) is 0.412. The molecule has 21 heavy (non-hydrogen) atoms. The van der Waals surface area contributed by atoms with Gasteiger partial charge in [-0.15, -0.1) is 0 Å². The Hall–Kier alpha value is -1.95. The van der Waals surface area contributed by atoms with E-state index in [0.29, 0.717) is 17.1 Å². The minimum atomic E-state index is -3.55. The van der Waals surface area contributed by atoms with Crippen molar-refractivity contribution in [2.75, 3.05) is 0 Å². The van der Waals surface area contributed by atoms with Gasteiger partial charge in [0.15, 0.2) is 10.8 Å². The lowest BCUT2D eigenvalue weighted by molar-refractivity contribution is 0.440. The number of sulfone groups is 1. The van der Waals surface area contributed by atoms with Gasteiger partial charge in [0.05, 0.1) is 5.75 Å². The first-order chi connectivity index (χ1) is 9.77. The molecule has 0 amide bonds.